The minimum Gasteiger partial charge on any atom is -0.382 e. The van der Waals surface area contributed by atoms with Crippen LogP contribution < -0.4 is 5.32 Å². The average molecular weight is 260 g/mol. The number of nitrogens with one attached hydrogen (secondary N) is 1. The van der Waals surface area contributed by atoms with Crippen molar-refractivity contribution in [1.82, 2.24) is 10.2 Å². The first-order valence-corrected chi connectivity index (χ1v) is 6.35. The Morgan fingerprint density at radius 1 is 1.38 bits per heavy atom. The van der Waals surface area contributed by atoms with E-state index in [1.54, 1.807) is 6.07 Å². The van der Waals surface area contributed by atoms with Gasteiger partial charge in [0.2, 0.25) is 0 Å². The highest BCUT2D eigenvalue weighted by molar-refractivity contribution is 6.33. The van der Waals surface area contributed by atoms with E-state index >= 15 is 0 Å². The normalized spacial score (nSPS) is 24.7. The van der Waals surface area contributed by atoms with Gasteiger partial charge in [-0.1, -0.05) is 43.0 Å². The molecule has 3 nitrogen and oxygen atoms in total. The van der Waals surface area contributed by atoms with Gasteiger partial charge in [-0.25, -0.2) is 0 Å². The first kappa shape index (κ1) is 11.9. The molecular weight excluding hydrogens is 245 g/mol. The maximum atomic E-state index is 5.92. The average Bonchev–Trinajstić information content (AvgIpc) is 2.66. The Hall–Kier alpha value is -0.540. The van der Waals surface area contributed by atoms with E-state index in [9.17, 15) is 0 Å². The molecule has 0 radical (unpaired) electrons. The Labute approximate surface area is 106 Å². The molecule has 1 heterocycles. The Bertz CT molecular complexity index is 370. The second kappa shape index (κ2) is 5.19. The molecule has 0 bridgehead atoms. The number of anilines is 1. The fourth-order valence-electron chi connectivity index (χ4n) is 2.24. The lowest BCUT2D eigenvalue weighted by molar-refractivity contribution is 0.439. The Morgan fingerprint density at radius 2 is 2.19 bits per heavy atom. The second-order valence-corrected chi connectivity index (χ2v) is 5.17. The molecule has 0 amide bonds. The summed E-state index contributed by atoms with van der Waals surface area (Å²) in [6, 6.07) is 1.72. The lowest BCUT2D eigenvalue weighted by atomic mass is 9.98. The third kappa shape index (κ3) is 2.77. The maximum Gasteiger partial charge on any atom is 0.174 e. The summed E-state index contributed by atoms with van der Waals surface area (Å²) in [7, 11) is 0. The Kier molecular flexibility index (Phi) is 3.87. The highest BCUT2D eigenvalue weighted by Gasteiger charge is 2.23. The summed E-state index contributed by atoms with van der Waals surface area (Å²) in [5.74, 6) is 1.51. The monoisotopic (exact) mass is 259 g/mol. The summed E-state index contributed by atoms with van der Waals surface area (Å²) in [5.41, 5.74) is 0.778. The molecule has 0 aliphatic heterocycles. The van der Waals surface area contributed by atoms with Crippen molar-refractivity contribution in [2.75, 3.05) is 11.9 Å². The van der Waals surface area contributed by atoms with Crippen LogP contribution in [0.5, 0.6) is 0 Å². The molecule has 1 N–H and O–H groups in total. The largest absolute Gasteiger partial charge is 0.382 e. The second-order valence-electron chi connectivity index (χ2n) is 4.42. The molecule has 1 fully saturated rings. The zero-order chi connectivity index (χ0) is 11.5. The summed E-state index contributed by atoms with van der Waals surface area (Å²) >= 11 is 11.7. The number of halogens is 2. The van der Waals surface area contributed by atoms with E-state index in [-0.39, 0.29) is 0 Å². The minimum absolute atomic E-state index is 0.367. The van der Waals surface area contributed by atoms with Crippen LogP contribution in [0.4, 0.5) is 5.69 Å². The van der Waals surface area contributed by atoms with Gasteiger partial charge in [0.15, 0.2) is 10.3 Å². The SMILES string of the molecule is CC1CCCC1CNc1cc(Cl)nnc1Cl. The predicted molar refractivity (Wildman–Crippen MR) is 67.0 cm³/mol. The van der Waals surface area contributed by atoms with Crippen LogP contribution in [-0.2, 0) is 0 Å². The van der Waals surface area contributed by atoms with Crippen LogP contribution in [0.25, 0.3) is 0 Å². The van der Waals surface area contributed by atoms with Gasteiger partial charge in [-0.3, -0.25) is 0 Å². The summed E-state index contributed by atoms with van der Waals surface area (Å²) in [6.45, 7) is 3.24. The van der Waals surface area contributed by atoms with Crippen LogP contribution >= 0.6 is 23.2 Å². The van der Waals surface area contributed by atoms with Gasteiger partial charge in [0.25, 0.3) is 0 Å². The number of hydrogen-bond donors (Lipinski definition) is 1. The van der Waals surface area contributed by atoms with Crippen molar-refractivity contribution in [2.45, 2.75) is 26.2 Å². The molecule has 0 aromatic carbocycles. The number of hydrogen-bond acceptors (Lipinski definition) is 3. The van der Waals surface area contributed by atoms with Crippen molar-refractivity contribution in [3.8, 4) is 0 Å². The lowest BCUT2D eigenvalue weighted by Crippen LogP contribution is -2.16. The molecule has 1 aliphatic carbocycles. The van der Waals surface area contributed by atoms with E-state index in [4.69, 9.17) is 23.2 Å². The van der Waals surface area contributed by atoms with Crippen LogP contribution in [0, 0.1) is 11.8 Å². The van der Waals surface area contributed by atoms with Crippen molar-refractivity contribution in [2.24, 2.45) is 11.8 Å². The van der Waals surface area contributed by atoms with Crippen LogP contribution in [0.3, 0.4) is 0 Å². The predicted octanol–water partition coefficient (Wildman–Crippen LogP) is 3.63. The fraction of sp³-hybridized carbons (Fsp3) is 0.636. The molecule has 1 saturated carbocycles. The Balaban J connectivity index is 1.96. The minimum atomic E-state index is 0.367. The first-order chi connectivity index (χ1) is 7.66. The smallest absolute Gasteiger partial charge is 0.174 e. The molecule has 0 saturated heterocycles. The van der Waals surface area contributed by atoms with E-state index in [1.165, 1.54) is 19.3 Å². The van der Waals surface area contributed by atoms with Gasteiger partial charge < -0.3 is 5.32 Å². The van der Waals surface area contributed by atoms with Crippen LogP contribution in [0.15, 0.2) is 6.07 Å². The standard InChI is InChI=1S/C11H15Cl2N3/c1-7-3-2-4-8(7)6-14-9-5-10(12)15-16-11(9)13/h5,7-8H,2-4,6H2,1H3,(H,14,15). The first-order valence-electron chi connectivity index (χ1n) is 5.59. The van der Waals surface area contributed by atoms with Crippen molar-refractivity contribution in [3.05, 3.63) is 16.4 Å². The summed E-state index contributed by atoms with van der Waals surface area (Å²) in [5, 5.41) is 11.5. The van der Waals surface area contributed by atoms with Gasteiger partial charge in [-0.15, -0.1) is 10.2 Å². The van der Waals surface area contributed by atoms with Crippen LogP contribution in [0.1, 0.15) is 26.2 Å². The Morgan fingerprint density at radius 3 is 2.88 bits per heavy atom. The number of rotatable bonds is 3. The molecule has 1 aromatic heterocycles. The van der Waals surface area contributed by atoms with E-state index in [0.717, 1.165) is 24.1 Å². The molecule has 2 rings (SSSR count). The quantitative estimate of drug-likeness (QED) is 0.901. The summed E-state index contributed by atoms with van der Waals surface area (Å²) in [6.07, 6.45) is 3.95. The molecule has 1 aromatic rings. The lowest BCUT2D eigenvalue weighted by Gasteiger charge is -2.16. The molecule has 0 spiro atoms. The fourth-order valence-corrected chi connectivity index (χ4v) is 2.55. The van der Waals surface area contributed by atoms with Gasteiger partial charge in [-0.2, -0.15) is 0 Å². The molecular formula is C11H15Cl2N3. The topological polar surface area (TPSA) is 37.8 Å². The summed E-state index contributed by atoms with van der Waals surface area (Å²) < 4.78 is 0. The molecule has 2 unspecified atom stereocenters. The van der Waals surface area contributed by atoms with Gasteiger partial charge in [0.05, 0.1) is 5.69 Å². The van der Waals surface area contributed by atoms with Crippen molar-refractivity contribution in [1.29, 1.82) is 0 Å². The van der Waals surface area contributed by atoms with E-state index in [1.807, 2.05) is 0 Å². The molecule has 88 valence electrons. The van der Waals surface area contributed by atoms with Gasteiger partial charge in [-0.05, 0) is 18.3 Å². The molecule has 16 heavy (non-hydrogen) atoms. The molecule has 1 aliphatic rings. The third-order valence-corrected chi connectivity index (χ3v) is 3.78. The maximum absolute atomic E-state index is 5.92. The number of aromatic nitrogens is 2. The summed E-state index contributed by atoms with van der Waals surface area (Å²) in [4.78, 5) is 0. The molecule has 5 heteroatoms. The van der Waals surface area contributed by atoms with Crippen LogP contribution in [-0.4, -0.2) is 16.7 Å². The van der Waals surface area contributed by atoms with Gasteiger partial charge in [0, 0.05) is 12.6 Å². The van der Waals surface area contributed by atoms with Crippen molar-refractivity contribution < 1.29 is 0 Å². The van der Waals surface area contributed by atoms with E-state index < -0.39 is 0 Å². The van der Waals surface area contributed by atoms with Crippen molar-refractivity contribution >= 4 is 28.9 Å². The van der Waals surface area contributed by atoms with Gasteiger partial charge >= 0.3 is 0 Å². The highest BCUT2D eigenvalue weighted by Crippen LogP contribution is 2.31. The molecule has 2 atom stereocenters. The van der Waals surface area contributed by atoms with Crippen molar-refractivity contribution in [3.63, 3.8) is 0 Å². The van der Waals surface area contributed by atoms with E-state index in [0.29, 0.717) is 10.3 Å². The van der Waals surface area contributed by atoms with Crippen LogP contribution in [0.2, 0.25) is 10.3 Å². The zero-order valence-corrected chi connectivity index (χ0v) is 10.7. The number of nitrogens with zero attached hydrogens (tertiary/aromatic N) is 2. The third-order valence-electron chi connectivity index (χ3n) is 3.31. The zero-order valence-electron chi connectivity index (χ0n) is 9.21. The highest BCUT2D eigenvalue weighted by atomic mass is 35.5. The van der Waals surface area contributed by atoms with Gasteiger partial charge in [0.1, 0.15) is 0 Å². The van der Waals surface area contributed by atoms with E-state index in [2.05, 4.69) is 22.4 Å².